The van der Waals surface area contributed by atoms with Crippen molar-refractivity contribution in [1.29, 1.82) is 0 Å². The molecule has 0 atom stereocenters. The normalized spacial score (nSPS) is 18.4. The van der Waals surface area contributed by atoms with Crippen molar-refractivity contribution < 1.29 is 32.7 Å². The number of likely N-dealkylation sites (N-methyl/N-ethyl adjacent to an activating group) is 1. The molecule has 2 aliphatic rings. The van der Waals surface area contributed by atoms with Gasteiger partial charge < -0.3 is 5.11 Å². The monoisotopic (exact) mass is 436 g/mol. The van der Waals surface area contributed by atoms with Gasteiger partial charge in [-0.05, 0) is 25.0 Å². The average molecular weight is 436 g/mol. The third-order valence-electron chi connectivity index (χ3n) is 4.78. The molecule has 0 unspecified atom stereocenters. The first-order valence-corrected chi connectivity index (χ1v) is 9.08. The Morgan fingerprint density at radius 2 is 2.00 bits per heavy atom. The van der Waals surface area contributed by atoms with Crippen molar-refractivity contribution in [2.24, 2.45) is 0 Å². The van der Waals surface area contributed by atoms with Gasteiger partial charge in [-0.3, -0.25) is 19.4 Å². The Balaban J connectivity index is 1.70. The van der Waals surface area contributed by atoms with Gasteiger partial charge in [-0.1, -0.05) is 0 Å². The molecule has 1 saturated carbocycles. The fraction of sp³-hybridized carbons (Fsp3) is 0.333. The predicted molar refractivity (Wildman–Crippen MR) is 97.0 cm³/mol. The van der Waals surface area contributed by atoms with E-state index in [9.17, 15) is 27.6 Å². The zero-order valence-corrected chi connectivity index (χ0v) is 16.0. The molecule has 0 bridgehead atoms. The molecule has 2 fully saturated rings. The summed E-state index contributed by atoms with van der Waals surface area (Å²) in [5, 5.41) is 13.0. The number of carboxylic acids is 1. The molecule has 3 amide bonds. The number of carboxylic acid groups (broad SMARTS) is 1. The van der Waals surface area contributed by atoms with Gasteiger partial charge in [0.1, 0.15) is 24.3 Å². The summed E-state index contributed by atoms with van der Waals surface area (Å²) in [6.07, 6.45) is -0.892. The Morgan fingerprint density at radius 3 is 2.61 bits per heavy atom. The smallest absolute Gasteiger partial charge is 0.433 e. The summed E-state index contributed by atoms with van der Waals surface area (Å²) in [7, 11) is 1.20. The molecule has 1 aliphatic heterocycles. The molecular weight excluding hydrogens is 421 g/mol. The molecule has 4 rings (SSSR count). The number of carbonyl (C=O) groups is 3. The van der Waals surface area contributed by atoms with Crippen LogP contribution in [0.1, 0.15) is 30.1 Å². The number of amides is 3. The number of alkyl halides is 3. The molecule has 1 N–H and O–H groups in total. The van der Waals surface area contributed by atoms with Crippen LogP contribution < -0.4 is 0 Å². The second kappa shape index (κ2) is 7.18. The summed E-state index contributed by atoms with van der Waals surface area (Å²) in [6, 6.07) is 1.51. The van der Waals surface area contributed by atoms with E-state index in [0.717, 1.165) is 45.9 Å². The second-order valence-electron chi connectivity index (χ2n) is 7.13. The highest BCUT2D eigenvalue weighted by atomic mass is 19.4. The highest BCUT2D eigenvalue weighted by Crippen LogP contribution is 2.41. The van der Waals surface area contributed by atoms with Crippen molar-refractivity contribution >= 4 is 24.1 Å². The average Bonchev–Trinajstić information content (AvgIpc) is 3.42. The minimum Gasteiger partial charge on any atom is -0.480 e. The number of urea groups is 1. The number of aliphatic carboxylic acids is 1. The van der Waals surface area contributed by atoms with E-state index in [-0.39, 0.29) is 23.0 Å². The predicted octanol–water partition coefficient (Wildman–Crippen LogP) is 2.01. The van der Waals surface area contributed by atoms with E-state index in [4.69, 9.17) is 5.11 Å². The Labute approximate surface area is 172 Å². The number of carbonyl (C=O) groups excluding carboxylic acids is 2. The molecule has 10 nitrogen and oxygen atoms in total. The quantitative estimate of drug-likeness (QED) is 0.562. The van der Waals surface area contributed by atoms with E-state index in [0.29, 0.717) is 5.69 Å². The highest BCUT2D eigenvalue weighted by molar-refractivity contribution is 6.13. The van der Waals surface area contributed by atoms with Crippen molar-refractivity contribution in [2.45, 2.75) is 24.9 Å². The van der Waals surface area contributed by atoms with E-state index >= 15 is 0 Å². The molecule has 0 spiro atoms. The van der Waals surface area contributed by atoms with Gasteiger partial charge in [0.15, 0.2) is 5.82 Å². The van der Waals surface area contributed by atoms with Crippen molar-refractivity contribution in [2.75, 3.05) is 13.6 Å². The topological polar surface area (TPSA) is 122 Å². The largest absolute Gasteiger partial charge is 0.480 e. The Kier molecular flexibility index (Phi) is 4.75. The molecule has 31 heavy (non-hydrogen) atoms. The summed E-state index contributed by atoms with van der Waals surface area (Å²) in [4.78, 5) is 44.6. The van der Waals surface area contributed by atoms with Crippen LogP contribution in [0.25, 0.3) is 17.6 Å². The van der Waals surface area contributed by atoms with E-state index < -0.39 is 36.3 Å². The van der Waals surface area contributed by atoms with Crippen LogP contribution in [0, 0.1) is 0 Å². The molecule has 2 aromatic heterocycles. The maximum Gasteiger partial charge on any atom is 0.433 e. The lowest BCUT2D eigenvalue weighted by molar-refractivity contribution is -0.141. The second-order valence-corrected chi connectivity index (χ2v) is 7.13. The van der Waals surface area contributed by atoms with E-state index in [1.807, 2.05) is 0 Å². The van der Waals surface area contributed by atoms with E-state index in [2.05, 4.69) is 15.1 Å². The highest BCUT2D eigenvalue weighted by Gasteiger charge is 2.40. The zero-order valence-electron chi connectivity index (χ0n) is 16.0. The van der Waals surface area contributed by atoms with Crippen LogP contribution in [0.2, 0.25) is 0 Å². The molecule has 13 heteroatoms. The summed E-state index contributed by atoms with van der Waals surface area (Å²) in [5.74, 6) is -2.15. The third kappa shape index (κ3) is 3.98. The number of hydrogen-bond donors (Lipinski definition) is 1. The van der Waals surface area contributed by atoms with Crippen LogP contribution >= 0.6 is 0 Å². The van der Waals surface area contributed by atoms with E-state index in [1.54, 1.807) is 0 Å². The SMILES string of the molecule is CN1C(=O)/C(=C/n2cnc(-c3cc(C4CC4)nc(C(F)(F)F)c3)n2)N(CC(=O)O)C1=O. The zero-order chi connectivity index (χ0) is 22.5. The Morgan fingerprint density at radius 1 is 1.29 bits per heavy atom. The van der Waals surface area contributed by atoms with Gasteiger partial charge in [0.2, 0.25) is 0 Å². The van der Waals surface area contributed by atoms with Gasteiger partial charge >= 0.3 is 18.2 Å². The lowest BCUT2D eigenvalue weighted by Gasteiger charge is -2.12. The Hall–Kier alpha value is -3.77. The number of rotatable bonds is 5. The molecule has 162 valence electrons. The summed E-state index contributed by atoms with van der Waals surface area (Å²) in [5.41, 5.74) is -0.886. The summed E-state index contributed by atoms with van der Waals surface area (Å²) < 4.78 is 40.8. The van der Waals surface area contributed by atoms with Crippen LogP contribution in [0.4, 0.5) is 18.0 Å². The number of nitrogens with zero attached hydrogens (tertiary/aromatic N) is 6. The fourth-order valence-electron chi connectivity index (χ4n) is 3.08. The molecule has 0 aromatic carbocycles. The summed E-state index contributed by atoms with van der Waals surface area (Å²) in [6.45, 7) is -0.744. The molecule has 0 radical (unpaired) electrons. The molecular formula is C18H15F3N6O4. The van der Waals surface area contributed by atoms with Crippen molar-refractivity contribution in [3.8, 4) is 11.4 Å². The standard InChI is InChI=1S/C18H15F3N6O4/c1-25-16(30)12(27(17(25)31)7-14(28)29)6-26-8-22-15(24-26)10-4-11(9-2-3-9)23-13(5-10)18(19,20)21/h4-6,8-9H,2-3,7H2,1H3,(H,28,29)/b12-6-. The van der Waals surface area contributed by atoms with Gasteiger partial charge in [0.05, 0.1) is 6.20 Å². The number of pyridine rings is 1. The van der Waals surface area contributed by atoms with Gasteiger partial charge in [0, 0.05) is 24.2 Å². The maximum atomic E-state index is 13.2. The first-order valence-electron chi connectivity index (χ1n) is 9.08. The molecule has 1 aliphatic carbocycles. The minimum absolute atomic E-state index is 0.0347. The molecule has 3 heterocycles. The first kappa shape index (κ1) is 20.5. The van der Waals surface area contributed by atoms with Crippen LogP contribution in [-0.4, -0.2) is 66.2 Å². The van der Waals surface area contributed by atoms with Crippen LogP contribution in [-0.2, 0) is 15.8 Å². The number of halogens is 3. The molecule has 1 saturated heterocycles. The van der Waals surface area contributed by atoms with Crippen molar-refractivity contribution in [3.63, 3.8) is 0 Å². The first-order chi connectivity index (χ1) is 14.5. The van der Waals surface area contributed by atoms with Gasteiger partial charge in [0.25, 0.3) is 5.91 Å². The third-order valence-corrected chi connectivity index (χ3v) is 4.78. The van der Waals surface area contributed by atoms with Crippen molar-refractivity contribution in [3.05, 3.63) is 35.5 Å². The lowest BCUT2D eigenvalue weighted by atomic mass is 10.1. The molecule has 2 aromatic rings. The van der Waals surface area contributed by atoms with Crippen LogP contribution in [0.3, 0.4) is 0 Å². The van der Waals surface area contributed by atoms with Crippen LogP contribution in [0.15, 0.2) is 24.2 Å². The van der Waals surface area contributed by atoms with Gasteiger partial charge in [-0.25, -0.2) is 19.4 Å². The van der Waals surface area contributed by atoms with Gasteiger partial charge in [-0.2, -0.15) is 13.2 Å². The van der Waals surface area contributed by atoms with Gasteiger partial charge in [-0.15, -0.1) is 5.10 Å². The van der Waals surface area contributed by atoms with E-state index in [1.165, 1.54) is 13.1 Å². The summed E-state index contributed by atoms with van der Waals surface area (Å²) >= 11 is 0. The fourth-order valence-corrected chi connectivity index (χ4v) is 3.08. The maximum absolute atomic E-state index is 13.2. The minimum atomic E-state index is -4.64. The lowest BCUT2D eigenvalue weighted by Crippen LogP contribution is -2.33. The Bertz CT molecular complexity index is 1120. The number of hydrogen-bond acceptors (Lipinski definition) is 6. The van der Waals surface area contributed by atoms with Crippen molar-refractivity contribution in [1.82, 2.24) is 29.5 Å². The van der Waals surface area contributed by atoms with Crippen LogP contribution in [0.5, 0.6) is 0 Å². The number of aromatic nitrogens is 4. The number of imide groups is 1.